The standard InChI is InChI=1S/C54H102N14O12.4ClH/c1-8-9-10-11-12-13-14-15-16-17-18-19-43(71)67-45(35(7)70)54(80)64-38(22-27-57)47(73)63-40-24-29-59-53(79)44(34(6)69)68-50(76)39(23-28-58)61-46(72)36(20-25-55)62-51(77)41(30-32(2)3)66-52(78)42(31-33(4)5)65-48(74)37(21-26-56)60-49(40)75;;;;/h32-42,44-45,69-70H,8-31,55-58H2,1-7H3,(H,59,79)(H,60,75)(H,61,72)(H,62,77)(H,63,73)(H,64,80)(H,65,74)(H,66,78)(H,67,71)(H,68,76);4*1H/t34-,35-,36+,37+,38+,39+,40+,41+,42-,44+,45+;;;;/m1..../s1. The molecule has 0 aromatic heterocycles. The molecule has 0 aliphatic carbocycles. The van der Waals surface area contributed by atoms with Gasteiger partial charge in [0.25, 0.3) is 0 Å². The predicted molar refractivity (Wildman–Crippen MR) is 332 cm³/mol. The average molecular weight is 1290 g/mol. The highest BCUT2D eigenvalue weighted by molar-refractivity contribution is 5.99. The van der Waals surface area contributed by atoms with Crippen LogP contribution in [0.5, 0.6) is 0 Å². The zero-order valence-corrected chi connectivity index (χ0v) is 53.7. The summed E-state index contributed by atoms with van der Waals surface area (Å²) >= 11 is 0. The zero-order chi connectivity index (χ0) is 60.3. The minimum Gasteiger partial charge on any atom is -0.391 e. The average Bonchev–Trinajstić information content (AvgIpc) is 3.38. The molecule has 0 saturated carbocycles. The molecule has 0 radical (unpaired) electrons. The van der Waals surface area contributed by atoms with E-state index in [1.54, 1.807) is 27.7 Å². The molecular weight excluding hydrogens is 1180 g/mol. The van der Waals surface area contributed by atoms with Crippen molar-refractivity contribution in [1.82, 2.24) is 53.2 Å². The fourth-order valence-corrected chi connectivity index (χ4v) is 9.02. The first-order valence-electron chi connectivity index (χ1n) is 29.1. The maximum absolute atomic E-state index is 14.4. The van der Waals surface area contributed by atoms with Crippen molar-refractivity contribution >= 4 is 109 Å². The number of hydrogen-bond acceptors (Lipinski definition) is 16. The van der Waals surface area contributed by atoms with Crippen molar-refractivity contribution < 1.29 is 58.2 Å². The third-order valence-electron chi connectivity index (χ3n) is 13.6. The molecule has 1 aliphatic heterocycles. The molecule has 1 rings (SSSR count). The van der Waals surface area contributed by atoms with Crippen molar-refractivity contribution in [2.75, 3.05) is 32.7 Å². The summed E-state index contributed by atoms with van der Waals surface area (Å²) in [7, 11) is 0. The van der Waals surface area contributed by atoms with E-state index in [9.17, 15) is 58.2 Å². The highest BCUT2D eigenvalue weighted by Gasteiger charge is 2.37. The first kappa shape index (κ1) is 86.1. The molecule has 10 amide bonds. The van der Waals surface area contributed by atoms with Gasteiger partial charge in [-0.05, 0) is 103 Å². The van der Waals surface area contributed by atoms with Crippen molar-refractivity contribution in [1.29, 1.82) is 0 Å². The number of rotatable bonds is 31. The number of nitrogens with two attached hydrogens (primary N) is 4. The van der Waals surface area contributed by atoms with Crippen LogP contribution in [0.25, 0.3) is 0 Å². The van der Waals surface area contributed by atoms with Crippen LogP contribution < -0.4 is 76.1 Å². The van der Waals surface area contributed by atoms with Gasteiger partial charge in [0.15, 0.2) is 0 Å². The molecule has 0 aromatic carbocycles. The minimum absolute atomic E-state index is 0. The Bertz CT molecular complexity index is 1950. The van der Waals surface area contributed by atoms with E-state index in [0.717, 1.165) is 25.7 Å². The fourth-order valence-electron chi connectivity index (χ4n) is 9.02. The Kier molecular flexibility index (Phi) is 49.9. The molecule has 1 fully saturated rings. The van der Waals surface area contributed by atoms with Gasteiger partial charge in [0.1, 0.15) is 54.4 Å². The molecule has 11 atom stereocenters. The van der Waals surface area contributed by atoms with Crippen LogP contribution in [-0.2, 0) is 47.9 Å². The number of halogens is 4. The highest BCUT2D eigenvalue weighted by Crippen LogP contribution is 2.14. The Morgan fingerprint density at radius 2 is 0.905 bits per heavy atom. The Morgan fingerprint density at radius 3 is 1.30 bits per heavy atom. The second-order valence-electron chi connectivity index (χ2n) is 21.9. The Labute approximate surface area is 522 Å². The molecule has 26 nitrogen and oxygen atoms in total. The first-order chi connectivity index (χ1) is 37.9. The largest absolute Gasteiger partial charge is 0.391 e. The smallest absolute Gasteiger partial charge is 0.245 e. The van der Waals surface area contributed by atoms with E-state index in [0.29, 0.717) is 6.42 Å². The van der Waals surface area contributed by atoms with E-state index >= 15 is 0 Å². The maximum Gasteiger partial charge on any atom is 0.245 e. The van der Waals surface area contributed by atoms with E-state index in [4.69, 9.17) is 22.9 Å². The Morgan fingerprint density at radius 1 is 0.512 bits per heavy atom. The van der Waals surface area contributed by atoms with Crippen molar-refractivity contribution in [2.24, 2.45) is 34.8 Å². The van der Waals surface area contributed by atoms with Gasteiger partial charge in [0.05, 0.1) is 12.2 Å². The molecule has 0 unspecified atom stereocenters. The van der Waals surface area contributed by atoms with Crippen LogP contribution in [0.3, 0.4) is 0 Å². The lowest BCUT2D eigenvalue weighted by atomic mass is 9.99. The molecule has 1 saturated heterocycles. The number of nitrogens with one attached hydrogen (secondary N) is 10. The Balaban J connectivity index is -0.00000800. The second kappa shape index (κ2) is 48.7. The van der Waals surface area contributed by atoms with Gasteiger partial charge < -0.3 is 86.3 Å². The summed E-state index contributed by atoms with van der Waals surface area (Å²) in [5.74, 6) is -8.77. The number of amides is 10. The number of aliphatic hydroxyl groups is 2. The lowest BCUT2D eigenvalue weighted by molar-refractivity contribution is -0.136. The van der Waals surface area contributed by atoms with Gasteiger partial charge in [0, 0.05) is 13.0 Å². The van der Waals surface area contributed by atoms with E-state index in [-0.39, 0.29) is 133 Å². The third kappa shape index (κ3) is 34.7. The highest BCUT2D eigenvalue weighted by atomic mass is 35.5. The summed E-state index contributed by atoms with van der Waals surface area (Å²) < 4.78 is 0. The zero-order valence-electron chi connectivity index (χ0n) is 50.4. The second-order valence-corrected chi connectivity index (χ2v) is 21.9. The molecule has 0 bridgehead atoms. The molecule has 20 N–H and O–H groups in total. The summed E-state index contributed by atoms with van der Waals surface area (Å²) in [6.07, 6.45) is 8.19. The van der Waals surface area contributed by atoms with E-state index < -0.39 is 139 Å². The summed E-state index contributed by atoms with van der Waals surface area (Å²) in [6.45, 7) is 11.0. The number of aliphatic hydroxyl groups excluding tert-OH is 2. The summed E-state index contributed by atoms with van der Waals surface area (Å²) in [5, 5.41) is 47.1. The van der Waals surface area contributed by atoms with Gasteiger partial charge in [-0.1, -0.05) is 98.8 Å². The lowest BCUT2D eigenvalue weighted by Gasteiger charge is -2.29. The van der Waals surface area contributed by atoms with Crippen molar-refractivity contribution in [3.63, 3.8) is 0 Å². The number of carbonyl (C=O) groups is 10. The van der Waals surface area contributed by atoms with Gasteiger partial charge in [0.2, 0.25) is 59.1 Å². The summed E-state index contributed by atoms with van der Waals surface area (Å²) in [6, 6.07) is -12.8. The molecular formula is C54H106Cl4N14O12. The van der Waals surface area contributed by atoms with Crippen LogP contribution in [0, 0.1) is 11.8 Å². The first-order valence-corrected chi connectivity index (χ1v) is 29.1. The summed E-state index contributed by atoms with van der Waals surface area (Å²) in [5.41, 5.74) is 23.5. The predicted octanol–water partition coefficient (Wildman–Crippen LogP) is -0.493. The van der Waals surface area contributed by atoms with E-state index in [2.05, 4.69) is 60.1 Å². The third-order valence-corrected chi connectivity index (χ3v) is 13.6. The lowest BCUT2D eigenvalue weighted by Crippen LogP contribution is -2.61. The molecule has 30 heteroatoms. The molecule has 0 aromatic rings. The van der Waals surface area contributed by atoms with Gasteiger partial charge in [-0.25, -0.2) is 0 Å². The van der Waals surface area contributed by atoms with Gasteiger partial charge in [-0.3, -0.25) is 47.9 Å². The summed E-state index contributed by atoms with van der Waals surface area (Å²) in [4.78, 5) is 139. The van der Waals surface area contributed by atoms with Gasteiger partial charge in [-0.15, -0.1) is 49.6 Å². The van der Waals surface area contributed by atoms with Crippen molar-refractivity contribution in [2.45, 2.75) is 237 Å². The monoisotopic (exact) mass is 1280 g/mol. The molecule has 84 heavy (non-hydrogen) atoms. The number of carbonyl (C=O) groups excluding carboxylic acids is 10. The quantitative estimate of drug-likeness (QED) is 0.0389. The van der Waals surface area contributed by atoms with Crippen LogP contribution in [0.2, 0.25) is 0 Å². The van der Waals surface area contributed by atoms with Gasteiger partial charge in [-0.2, -0.15) is 0 Å². The normalized spacial score (nSPS) is 21.9. The molecule has 492 valence electrons. The number of hydrogen-bond donors (Lipinski definition) is 16. The van der Waals surface area contributed by atoms with Crippen molar-refractivity contribution in [3.8, 4) is 0 Å². The number of unbranched alkanes of at least 4 members (excludes halogenated alkanes) is 10. The minimum atomic E-state index is -1.65. The molecule has 1 heterocycles. The van der Waals surface area contributed by atoms with Gasteiger partial charge >= 0.3 is 0 Å². The molecule has 1 aliphatic rings. The van der Waals surface area contributed by atoms with Crippen LogP contribution in [0.1, 0.15) is 170 Å². The topological polar surface area (TPSA) is 436 Å². The fraction of sp³-hybridized carbons (Fsp3) is 0.815. The Hall–Kier alpha value is -4.38. The van der Waals surface area contributed by atoms with Crippen LogP contribution in [-0.4, -0.2) is 169 Å². The maximum atomic E-state index is 14.4. The SMILES string of the molecule is CCCCCCCCCCCCCC(=O)N[C@H](C(=O)N[C@@H](CCN)C(=O)N[C@H]1CCNC(=O)[C@H]([C@@H](C)O)NC(=O)[C@H](CCN)NC(=O)[C@H](CCN)NC(=O)[C@H](CC(C)C)NC(=O)[C@@H](CC(C)C)NC(=O)[C@H](CCN)NC1=O)[C@@H](C)O.Cl.Cl.Cl.Cl. The molecule has 0 spiro atoms. The van der Waals surface area contributed by atoms with Crippen molar-refractivity contribution in [3.05, 3.63) is 0 Å². The van der Waals surface area contributed by atoms with Crippen LogP contribution in [0.15, 0.2) is 0 Å². The van der Waals surface area contributed by atoms with E-state index in [1.807, 2.05) is 0 Å². The van der Waals surface area contributed by atoms with E-state index in [1.165, 1.54) is 52.4 Å². The van der Waals surface area contributed by atoms with Crippen LogP contribution in [0.4, 0.5) is 0 Å². The van der Waals surface area contributed by atoms with Crippen LogP contribution >= 0.6 is 49.6 Å².